The molecule has 1 aliphatic heterocycles. The second-order valence-electron chi connectivity index (χ2n) is 7.66. The number of carbonyl (C=O) groups excluding carboxylic acids is 1. The third-order valence-corrected chi connectivity index (χ3v) is 4.85. The van der Waals surface area contributed by atoms with Crippen LogP contribution in [0.15, 0.2) is 29.0 Å². The van der Waals surface area contributed by atoms with Gasteiger partial charge in [-0.15, -0.1) is 0 Å². The number of anilines is 1. The highest BCUT2D eigenvalue weighted by Gasteiger charge is 2.23. The van der Waals surface area contributed by atoms with Crippen molar-refractivity contribution in [2.45, 2.75) is 39.2 Å². The van der Waals surface area contributed by atoms with E-state index in [-0.39, 0.29) is 6.09 Å². The molecule has 2 aromatic heterocycles. The molecule has 0 spiro atoms. The maximum Gasteiger partial charge on any atom is 0.407 e. The van der Waals surface area contributed by atoms with Crippen molar-refractivity contribution in [3.8, 4) is 0 Å². The van der Waals surface area contributed by atoms with Gasteiger partial charge in [-0.2, -0.15) is 0 Å². The Balaban J connectivity index is 1.57. The van der Waals surface area contributed by atoms with Gasteiger partial charge in [-0.1, -0.05) is 0 Å². The van der Waals surface area contributed by atoms with E-state index in [1.165, 1.54) is 0 Å². The number of amides is 1. The van der Waals surface area contributed by atoms with Crippen LogP contribution in [0.3, 0.4) is 0 Å². The van der Waals surface area contributed by atoms with Crippen LogP contribution in [-0.4, -0.2) is 41.3 Å². The van der Waals surface area contributed by atoms with Crippen molar-refractivity contribution in [1.29, 1.82) is 0 Å². The maximum atomic E-state index is 11.8. The van der Waals surface area contributed by atoms with Gasteiger partial charge in [0.2, 0.25) is 0 Å². The molecule has 1 saturated heterocycles. The third kappa shape index (κ3) is 4.84. The highest BCUT2D eigenvalue weighted by molar-refractivity contribution is 9.10. The van der Waals surface area contributed by atoms with E-state index in [2.05, 4.69) is 36.1 Å². The Labute approximate surface area is 162 Å². The second kappa shape index (κ2) is 7.78. The van der Waals surface area contributed by atoms with Gasteiger partial charge in [-0.3, -0.25) is 9.97 Å². The number of halogens is 1. The van der Waals surface area contributed by atoms with Gasteiger partial charge in [0, 0.05) is 36.5 Å². The quantitative estimate of drug-likeness (QED) is 0.807. The van der Waals surface area contributed by atoms with Crippen LogP contribution in [-0.2, 0) is 4.74 Å². The topological polar surface area (TPSA) is 67.3 Å². The number of piperidine rings is 1. The number of alkyl carbamates (subject to hydrolysis) is 1. The number of hydrogen-bond donors (Lipinski definition) is 1. The van der Waals surface area contributed by atoms with Crippen molar-refractivity contribution in [1.82, 2.24) is 15.3 Å². The summed E-state index contributed by atoms with van der Waals surface area (Å²) in [5.41, 5.74) is 2.49. The van der Waals surface area contributed by atoms with E-state index in [9.17, 15) is 4.79 Å². The molecule has 1 N–H and O–H groups in total. The lowest BCUT2D eigenvalue weighted by Gasteiger charge is -2.34. The molecule has 1 amide bonds. The van der Waals surface area contributed by atoms with Crippen molar-refractivity contribution >= 4 is 38.7 Å². The van der Waals surface area contributed by atoms with E-state index in [0.717, 1.165) is 47.1 Å². The Bertz CT molecular complexity index is 783. The summed E-state index contributed by atoms with van der Waals surface area (Å²) < 4.78 is 6.23. The minimum atomic E-state index is -0.460. The molecule has 0 atom stereocenters. The first-order valence-corrected chi connectivity index (χ1v) is 9.73. The fourth-order valence-corrected chi connectivity index (χ4v) is 3.49. The number of ether oxygens (including phenoxy) is 1. The third-order valence-electron chi connectivity index (χ3n) is 4.41. The number of rotatable bonds is 3. The fourth-order valence-electron chi connectivity index (χ4n) is 3.17. The zero-order valence-corrected chi connectivity index (χ0v) is 17.0. The lowest BCUT2D eigenvalue weighted by Crippen LogP contribution is -2.40. The predicted molar refractivity (Wildman–Crippen MR) is 106 cm³/mol. The molecule has 0 radical (unpaired) electrons. The molecule has 2 aromatic rings. The Kier molecular flexibility index (Phi) is 5.65. The minimum absolute atomic E-state index is 0.338. The van der Waals surface area contributed by atoms with Crippen molar-refractivity contribution < 1.29 is 9.53 Å². The van der Waals surface area contributed by atoms with Crippen molar-refractivity contribution in [2.24, 2.45) is 5.92 Å². The van der Waals surface area contributed by atoms with E-state index in [1.54, 1.807) is 0 Å². The normalized spacial score (nSPS) is 15.9. The number of carbonyl (C=O) groups is 1. The zero-order chi connectivity index (χ0) is 18.7. The fraction of sp³-hybridized carbons (Fsp3) is 0.526. The molecule has 140 valence electrons. The first kappa shape index (κ1) is 18.9. The summed E-state index contributed by atoms with van der Waals surface area (Å²) in [6.45, 7) is 8.16. The lowest BCUT2D eigenvalue weighted by molar-refractivity contribution is 0.0517. The van der Waals surface area contributed by atoms with E-state index in [4.69, 9.17) is 4.74 Å². The van der Waals surface area contributed by atoms with Crippen LogP contribution in [0.4, 0.5) is 10.5 Å². The average molecular weight is 421 g/mol. The molecule has 1 aliphatic rings. The first-order chi connectivity index (χ1) is 12.3. The minimum Gasteiger partial charge on any atom is -0.444 e. The maximum absolute atomic E-state index is 11.8. The van der Waals surface area contributed by atoms with Gasteiger partial charge in [0.05, 0.1) is 11.2 Å². The molecule has 0 saturated carbocycles. The molecule has 0 bridgehead atoms. The summed E-state index contributed by atoms with van der Waals surface area (Å²) in [5.74, 6) is 0.467. The Morgan fingerprint density at radius 1 is 1.35 bits per heavy atom. The molecular weight excluding hydrogens is 396 g/mol. The smallest absolute Gasteiger partial charge is 0.407 e. The summed E-state index contributed by atoms with van der Waals surface area (Å²) in [7, 11) is 0. The summed E-state index contributed by atoms with van der Waals surface area (Å²) in [6.07, 6.45) is 5.36. The van der Waals surface area contributed by atoms with Gasteiger partial charge >= 0.3 is 6.09 Å². The van der Waals surface area contributed by atoms with Crippen LogP contribution < -0.4 is 10.2 Å². The van der Waals surface area contributed by atoms with E-state index >= 15 is 0 Å². The molecule has 0 unspecified atom stereocenters. The molecule has 7 heteroatoms. The van der Waals surface area contributed by atoms with Crippen molar-refractivity contribution in [3.63, 3.8) is 0 Å². The molecular formula is C19H25BrN4O2. The SMILES string of the molecule is CC(C)(C)OC(=O)NCC1CCN(c2ccnc3cc(Br)cnc23)CC1. The number of aromatic nitrogens is 2. The summed E-state index contributed by atoms with van der Waals surface area (Å²) in [4.78, 5) is 23.1. The highest BCUT2D eigenvalue weighted by Crippen LogP contribution is 2.29. The average Bonchev–Trinajstić information content (AvgIpc) is 2.58. The molecule has 6 nitrogen and oxygen atoms in total. The molecule has 3 heterocycles. The van der Waals surface area contributed by atoms with Gasteiger partial charge < -0.3 is 15.0 Å². The highest BCUT2D eigenvalue weighted by atomic mass is 79.9. The standard InChI is InChI=1S/C19H25BrN4O2/c1-19(2,3)26-18(25)23-11-13-5-8-24(9-6-13)16-4-7-21-15-10-14(20)12-22-17(15)16/h4,7,10,12-13H,5-6,8-9,11H2,1-3H3,(H,23,25). The van der Waals surface area contributed by atoms with E-state index < -0.39 is 5.60 Å². The molecule has 1 fully saturated rings. The van der Waals surface area contributed by atoms with Crippen molar-refractivity contribution in [2.75, 3.05) is 24.5 Å². The number of nitrogens with zero attached hydrogens (tertiary/aromatic N) is 3. The van der Waals surface area contributed by atoms with E-state index in [1.807, 2.05) is 45.3 Å². The van der Waals surface area contributed by atoms with Gasteiger partial charge in [0.15, 0.2) is 0 Å². The summed E-state index contributed by atoms with van der Waals surface area (Å²) in [5, 5.41) is 2.89. The van der Waals surface area contributed by atoms with Crippen LogP contribution in [0.25, 0.3) is 11.0 Å². The Morgan fingerprint density at radius 3 is 2.77 bits per heavy atom. The second-order valence-corrected chi connectivity index (χ2v) is 8.58. The van der Waals surface area contributed by atoms with Crippen LogP contribution >= 0.6 is 15.9 Å². The van der Waals surface area contributed by atoms with Crippen molar-refractivity contribution in [3.05, 3.63) is 29.0 Å². The number of fused-ring (bicyclic) bond motifs is 1. The number of pyridine rings is 2. The molecule has 26 heavy (non-hydrogen) atoms. The van der Waals surface area contributed by atoms with Gasteiger partial charge in [-0.25, -0.2) is 4.79 Å². The zero-order valence-electron chi connectivity index (χ0n) is 15.5. The van der Waals surface area contributed by atoms with Gasteiger partial charge in [0.25, 0.3) is 0 Å². The monoisotopic (exact) mass is 420 g/mol. The first-order valence-electron chi connectivity index (χ1n) is 8.94. The summed E-state index contributed by atoms with van der Waals surface area (Å²) >= 11 is 3.45. The predicted octanol–water partition coefficient (Wildman–Crippen LogP) is 4.13. The Morgan fingerprint density at radius 2 is 2.08 bits per heavy atom. The number of hydrogen-bond acceptors (Lipinski definition) is 5. The number of nitrogens with one attached hydrogen (secondary N) is 1. The van der Waals surface area contributed by atoms with E-state index in [0.29, 0.717) is 12.5 Å². The summed E-state index contributed by atoms with van der Waals surface area (Å²) in [6, 6.07) is 4.02. The molecule has 3 rings (SSSR count). The Hall–Kier alpha value is -1.89. The lowest BCUT2D eigenvalue weighted by atomic mass is 9.96. The van der Waals surface area contributed by atoms with Gasteiger partial charge in [0.1, 0.15) is 11.1 Å². The van der Waals surface area contributed by atoms with Crippen LogP contribution in [0.1, 0.15) is 33.6 Å². The van der Waals surface area contributed by atoms with Crippen LogP contribution in [0.2, 0.25) is 0 Å². The molecule has 0 aromatic carbocycles. The van der Waals surface area contributed by atoms with Crippen LogP contribution in [0.5, 0.6) is 0 Å². The van der Waals surface area contributed by atoms with Crippen LogP contribution in [0, 0.1) is 5.92 Å². The largest absolute Gasteiger partial charge is 0.444 e. The van der Waals surface area contributed by atoms with Gasteiger partial charge in [-0.05, 0) is 67.6 Å². The molecule has 0 aliphatic carbocycles.